The van der Waals surface area contributed by atoms with Crippen molar-refractivity contribution in [2.75, 3.05) is 0 Å². The molecule has 1 heterocycles. The summed E-state index contributed by atoms with van der Waals surface area (Å²) >= 11 is 7.53. The van der Waals surface area contributed by atoms with Crippen LogP contribution in [-0.2, 0) is 9.59 Å². The minimum atomic E-state index is -0.517. The van der Waals surface area contributed by atoms with Crippen LogP contribution >= 0.6 is 23.4 Å². The molecule has 2 aromatic rings. The van der Waals surface area contributed by atoms with E-state index in [0.717, 1.165) is 5.56 Å². The number of nitrogens with zero attached hydrogens (tertiary/aromatic N) is 2. The first-order valence-corrected chi connectivity index (χ1v) is 9.91. The lowest BCUT2D eigenvalue weighted by molar-refractivity contribution is -0.129. The number of esters is 1. The minimum absolute atomic E-state index is 0.210. The number of rotatable bonds is 3. The molecule has 0 aliphatic carbocycles. The molecule has 1 aliphatic rings. The number of amidine groups is 1. The van der Waals surface area contributed by atoms with Gasteiger partial charge in [-0.15, -0.1) is 5.10 Å². The maximum Gasteiger partial charge on any atom is 0.343 e. The van der Waals surface area contributed by atoms with E-state index in [-0.39, 0.29) is 22.6 Å². The number of aryl methyl sites for hydroxylation is 1. The summed E-state index contributed by atoms with van der Waals surface area (Å²) in [5.74, 6) is -0.872. The Labute approximate surface area is 177 Å². The molecule has 3 rings (SSSR count). The van der Waals surface area contributed by atoms with E-state index in [1.807, 2.05) is 19.1 Å². The van der Waals surface area contributed by atoms with Gasteiger partial charge in [-0.2, -0.15) is 0 Å². The smallest absolute Gasteiger partial charge is 0.343 e. The van der Waals surface area contributed by atoms with Crippen molar-refractivity contribution in [3.63, 3.8) is 0 Å². The summed E-state index contributed by atoms with van der Waals surface area (Å²) < 4.78 is 5.39. The standard InChI is InChI=1S/C20H18ClN3O4S/c1-11-4-6-14(7-5-11)19(27)28-17-9-8-15(10-16(17)21)18-24(13(3)26)23-20(29-18)22-12(2)25/h4-10,18H,1-3H3,(H,22,23,25). The van der Waals surface area contributed by atoms with E-state index in [1.165, 1.54) is 30.6 Å². The van der Waals surface area contributed by atoms with Gasteiger partial charge in [-0.3, -0.25) is 9.59 Å². The number of hydrogen-bond donors (Lipinski definition) is 1. The fraction of sp³-hybridized carbons (Fsp3) is 0.200. The Morgan fingerprint density at radius 2 is 1.83 bits per heavy atom. The molecule has 9 heteroatoms. The summed E-state index contributed by atoms with van der Waals surface area (Å²) in [6.45, 7) is 4.67. The summed E-state index contributed by atoms with van der Waals surface area (Å²) in [5, 5.41) is 8.03. The van der Waals surface area contributed by atoms with Crippen LogP contribution in [0.15, 0.2) is 47.6 Å². The Morgan fingerprint density at radius 3 is 2.41 bits per heavy atom. The number of nitrogens with one attached hydrogen (secondary N) is 1. The molecule has 150 valence electrons. The highest BCUT2D eigenvalue weighted by Gasteiger charge is 2.32. The topological polar surface area (TPSA) is 88.1 Å². The third-order valence-corrected chi connectivity index (χ3v) is 5.38. The molecule has 1 atom stereocenters. The summed E-state index contributed by atoms with van der Waals surface area (Å²) in [4.78, 5) is 35.5. The number of ether oxygens (including phenoxy) is 1. The number of benzene rings is 2. The number of carbonyl (C=O) groups excluding carboxylic acids is 3. The van der Waals surface area contributed by atoms with Gasteiger partial charge in [0.15, 0.2) is 5.17 Å². The van der Waals surface area contributed by atoms with Crippen molar-refractivity contribution < 1.29 is 19.1 Å². The van der Waals surface area contributed by atoms with E-state index in [1.54, 1.807) is 30.3 Å². The highest BCUT2D eigenvalue weighted by atomic mass is 35.5. The molecular weight excluding hydrogens is 414 g/mol. The van der Waals surface area contributed by atoms with E-state index < -0.39 is 11.3 Å². The highest BCUT2D eigenvalue weighted by molar-refractivity contribution is 8.14. The van der Waals surface area contributed by atoms with E-state index in [2.05, 4.69) is 10.4 Å². The first kappa shape index (κ1) is 20.9. The van der Waals surface area contributed by atoms with Gasteiger partial charge in [0.05, 0.1) is 10.6 Å². The largest absolute Gasteiger partial charge is 0.421 e. The Balaban J connectivity index is 1.78. The predicted molar refractivity (Wildman–Crippen MR) is 112 cm³/mol. The average molecular weight is 432 g/mol. The summed E-state index contributed by atoms with van der Waals surface area (Å²) in [5.41, 5.74) is 2.13. The van der Waals surface area contributed by atoms with Crippen LogP contribution in [0.25, 0.3) is 0 Å². The molecule has 0 radical (unpaired) electrons. The molecule has 0 saturated carbocycles. The number of hydrazone groups is 1. The zero-order chi connectivity index (χ0) is 21.1. The molecule has 29 heavy (non-hydrogen) atoms. The first-order chi connectivity index (χ1) is 13.7. The first-order valence-electron chi connectivity index (χ1n) is 8.65. The van der Waals surface area contributed by atoms with E-state index in [9.17, 15) is 14.4 Å². The van der Waals surface area contributed by atoms with Crippen molar-refractivity contribution in [2.45, 2.75) is 26.1 Å². The van der Waals surface area contributed by atoms with Crippen molar-refractivity contribution in [2.24, 2.45) is 5.10 Å². The zero-order valence-electron chi connectivity index (χ0n) is 15.9. The Morgan fingerprint density at radius 1 is 1.14 bits per heavy atom. The molecule has 0 fully saturated rings. The molecule has 0 bridgehead atoms. The Bertz CT molecular complexity index is 1010. The zero-order valence-corrected chi connectivity index (χ0v) is 17.5. The quantitative estimate of drug-likeness (QED) is 0.588. The third-order valence-electron chi connectivity index (χ3n) is 3.98. The van der Waals surface area contributed by atoms with Crippen LogP contribution in [0.4, 0.5) is 0 Å². The normalized spacial score (nSPS) is 15.7. The molecule has 0 aromatic heterocycles. The van der Waals surface area contributed by atoms with Crippen LogP contribution < -0.4 is 10.1 Å². The summed E-state index contributed by atoms with van der Waals surface area (Å²) in [7, 11) is 0. The Hall–Kier alpha value is -2.84. The number of hydrogen-bond acceptors (Lipinski definition) is 6. The fourth-order valence-electron chi connectivity index (χ4n) is 2.58. The van der Waals surface area contributed by atoms with Crippen molar-refractivity contribution >= 4 is 46.3 Å². The van der Waals surface area contributed by atoms with Crippen LogP contribution in [-0.4, -0.2) is 28.0 Å². The van der Waals surface area contributed by atoms with Gasteiger partial charge >= 0.3 is 5.97 Å². The lowest BCUT2D eigenvalue weighted by atomic mass is 10.1. The Kier molecular flexibility index (Phi) is 6.24. The van der Waals surface area contributed by atoms with Crippen molar-refractivity contribution in [3.05, 3.63) is 64.2 Å². The molecule has 0 spiro atoms. The molecule has 0 saturated heterocycles. The molecule has 2 aromatic carbocycles. The van der Waals surface area contributed by atoms with Crippen molar-refractivity contribution in [1.82, 2.24) is 10.3 Å². The van der Waals surface area contributed by atoms with Gasteiger partial charge in [0.25, 0.3) is 0 Å². The van der Waals surface area contributed by atoms with Gasteiger partial charge in [0.2, 0.25) is 11.8 Å². The second-order valence-electron chi connectivity index (χ2n) is 6.37. The van der Waals surface area contributed by atoms with Crippen molar-refractivity contribution in [3.8, 4) is 5.75 Å². The van der Waals surface area contributed by atoms with Gasteiger partial charge in [0.1, 0.15) is 11.1 Å². The van der Waals surface area contributed by atoms with Crippen LogP contribution in [0.3, 0.4) is 0 Å². The molecular formula is C20H18ClN3O4S. The molecule has 1 N–H and O–H groups in total. The minimum Gasteiger partial charge on any atom is -0.421 e. The van der Waals surface area contributed by atoms with Crippen LogP contribution in [0.2, 0.25) is 5.02 Å². The molecule has 7 nitrogen and oxygen atoms in total. The maximum absolute atomic E-state index is 12.3. The van der Waals surface area contributed by atoms with Crippen LogP contribution in [0, 0.1) is 6.92 Å². The second-order valence-corrected chi connectivity index (χ2v) is 7.84. The SMILES string of the molecule is CC(=O)NC1=NN(C(C)=O)C(c2ccc(OC(=O)c3ccc(C)cc3)c(Cl)c2)S1. The maximum atomic E-state index is 12.3. The fourth-order valence-corrected chi connectivity index (χ4v) is 3.94. The lowest BCUT2D eigenvalue weighted by Crippen LogP contribution is -2.25. The lowest BCUT2D eigenvalue weighted by Gasteiger charge is -2.19. The van der Waals surface area contributed by atoms with E-state index in [4.69, 9.17) is 16.3 Å². The summed E-state index contributed by atoms with van der Waals surface area (Å²) in [6, 6.07) is 11.9. The van der Waals surface area contributed by atoms with Gasteiger partial charge in [-0.1, -0.05) is 47.1 Å². The van der Waals surface area contributed by atoms with Gasteiger partial charge < -0.3 is 10.1 Å². The molecule has 2 amide bonds. The van der Waals surface area contributed by atoms with Gasteiger partial charge in [0, 0.05) is 13.8 Å². The van der Waals surface area contributed by atoms with Crippen LogP contribution in [0.1, 0.15) is 40.7 Å². The van der Waals surface area contributed by atoms with Crippen molar-refractivity contribution in [1.29, 1.82) is 0 Å². The summed E-state index contributed by atoms with van der Waals surface area (Å²) in [6.07, 6.45) is 0. The number of thioether (sulfide) groups is 1. The van der Waals surface area contributed by atoms with E-state index >= 15 is 0 Å². The second kappa shape index (κ2) is 8.67. The number of carbonyl (C=O) groups is 3. The third kappa shape index (κ3) is 4.96. The van der Waals surface area contributed by atoms with Gasteiger partial charge in [-0.25, -0.2) is 9.80 Å². The molecule has 1 unspecified atom stereocenters. The van der Waals surface area contributed by atoms with Gasteiger partial charge in [-0.05, 0) is 36.8 Å². The number of halogens is 1. The molecule has 1 aliphatic heterocycles. The predicted octanol–water partition coefficient (Wildman–Crippen LogP) is 3.87. The number of amides is 2. The monoisotopic (exact) mass is 431 g/mol. The van der Waals surface area contributed by atoms with Crippen LogP contribution in [0.5, 0.6) is 5.75 Å². The highest BCUT2D eigenvalue weighted by Crippen LogP contribution is 2.41. The van der Waals surface area contributed by atoms with E-state index in [0.29, 0.717) is 16.3 Å². The average Bonchev–Trinajstić information content (AvgIpc) is 3.07.